The van der Waals surface area contributed by atoms with Crippen molar-refractivity contribution >= 4 is 27.3 Å². The van der Waals surface area contributed by atoms with Crippen LogP contribution in [0.25, 0.3) is 0 Å². The van der Waals surface area contributed by atoms with E-state index >= 15 is 0 Å². The Bertz CT molecular complexity index is 542. The Hall–Kier alpha value is -0.780. The van der Waals surface area contributed by atoms with Gasteiger partial charge in [-0.25, -0.2) is 9.37 Å². The largest absolute Gasteiger partial charge is 0.305 e. The van der Waals surface area contributed by atoms with Crippen LogP contribution in [0.2, 0.25) is 0 Å². The molecule has 0 saturated carbocycles. The molecule has 0 aliphatic carbocycles. The van der Waals surface area contributed by atoms with Crippen molar-refractivity contribution in [2.75, 3.05) is 0 Å². The van der Waals surface area contributed by atoms with Gasteiger partial charge in [-0.05, 0) is 26.0 Å². The molecular formula is C13H14BrFN2S. The number of benzene rings is 1. The van der Waals surface area contributed by atoms with Crippen molar-refractivity contribution < 1.29 is 4.39 Å². The molecule has 1 unspecified atom stereocenters. The van der Waals surface area contributed by atoms with E-state index < -0.39 is 0 Å². The highest BCUT2D eigenvalue weighted by Crippen LogP contribution is 2.21. The molecule has 5 heteroatoms. The summed E-state index contributed by atoms with van der Waals surface area (Å²) < 4.78 is 14.5. The summed E-state index contributed by atoms with van der Waals surface area (Å²) in [6.45, 7) is 4.65. The van der Waals surface area contributed by atoms with Crippen molar-refractivity contribution in [3.05, 3.63) is 50.1 Å². The molecule has 18 heavy (non-hydrogen) atoms. The maximum atomic E-state index is 13.8. The Kier molecular flexibility index (Phi) is 4.48. The summed E-state index contributed by atoms with van der Waals surface area (Å²) in [6, 6.07) is 5.12. The number of hydrogen-bond donors (Lipinski definition) is 1. The highest BCUT2D eigenvalue weighted by Gasteiger charge is 2.11. The average Bonchev–Trinajstić information content (AvgIpc) is 2.72. The zero-order valence-corrected chi connectivity index (χ0v) is 12.6. The zero-order chi connectivity index (χ0) is 13.1. The number of rotatable bonds is 4. The topological polar surface area (TPSA) is 24.9 Å². The number of aryl methyl sites for hydroxylation is 1. The summed E-state index contributed by atoms with van der Waals surface area (Å²) >= 11 is 4.91. The molecular weight excluding hydrogens is 315 g/mol. The third-order valence-corrected chi connectivity index (χ3v) is 4.09. The summed E-state index contributed by atoms with van der Waals surface area (Å²) in [6.07, 6.45) is 1.86. The number of thiazole rings is 1. The molecule has 0 aliphatic rings. The molecule has 2 rings (SSSR count). The highest BCUT2D eigenvalue weighted by atomic mass is 79.9. The molecule has 1 aromatic carbocycles. The monoisotopic (exact) mass is 328 g/mol. The van der Waals surface area contributed by atoms with Gasteiger partial charge in [0.25, 0.3) is 0 Å². The van der Waals surface area contributed by atoms with Crippen molar-refractivity contribution in [1.29, 1.82) is 0 Å². The summed E-state index contributed by atoms with van der Waals surface area (Å²) in [7, 11) is 0. The molecule has 1 N–H and O–H groups in total. The molecule has 0 saturated heterocycles. The van der Waals surface area contributed by atoms with Crippen LogP contribution >= 0.6 is 27.3 Å². The Balaban J connectivity index is 2.01. The molecule has 1 atom stereocenters. The first kappa shape index (κ1) is 13.6. The van der Waals surface area contributed by atoms with E-state index in [1.807, 2.05) is 26.1 Å². The number of halogens is 2. The van der Waals surface area contributed by atoms with E-state index in [1.54, 1.807) is 17.4 Å². The Morgan fingerprint density at radius 1 is 1.50 bits per heavy atom. The average molecular weight is 329 g/mol. The van der Waals surface area contributed by atoms with E-state index in [2.05, 4.69) is 26.2 Å². The fourth-order valence-corrected chi connectivity index (χ4v) is 2.78. The van der Waals surface area contributed by atoms with Gasteiger partial charge in [-0.15, -0.1) is 11.3 Å². The molecule has 0 fully saturated rings. The Morgan fingerprint density at radius 2 is 2.28 bits per heavy atom. The van der Waals surface area contributed by atoms with Crippen LogP contribution < -0.4 is 5.32 Å². The lowest BCUT2D eigenvalue weighted by atomic mass is 10.1. The van der Waals surface area contributed by atoms with Crippen LogP contribution in [0.5, 0.6) is 0 Å². The summed E-state index contributed by atoms with van der Waals surface area (Å²) in [5, 5.41) is 4.35. The fourth-order valence-electron chi connectivity index (χ4n) is 1.70. The van der Waals surface area contributed by atoms with E-state index in [0.29, 0.717) is 12.1 Å². The number of hydrogen-bond acceptors (Lipinski definition) is 3. The van der Waals surface area contributed by atoms with Crippen LogP contribution in [0.4, 0.5) is 4.39 Å². The first-order valence-corrected chi connectivity index (χ1v) is 7.27. The van der Waals surface area contributed by atoms with Crippen molar-refractivity contribution in [2.45, 2.75) is 26.4 Å². The number of nitrogens with one attached hydrogen (secondary N) is 1. The predicted molar refractivity (Wildman–Crippen MR) is 76.2 cm³/mol. The third-order valence-electron chi connectivity index (χ3n) is 2.68. The lowest BCUT2D eigenvalue weighted by Crippen LogP contribution is -2.18. The first-order chi connectivity index (χ1) is 8.56. The molecule has 2 nitrogen and oxygen atoms in total. The second kappa shape index (κ2) is 5.91. The molecule has 96 valence electrons. The SMILES string of the molecule is Cc1ncc(CNC(C)c2ccc(Br)cc2F)s1. The summed E-state index contributed by atoms with van der Waals surface area (Å²) in [5.74, 6) is -0.190. The van der Waals surface area contributed by atoms with E-state index in [-0.39, 0.29) is 11.9 Å². The van der Waals surface area contributed by atoms with Gasteiger partial charge >= 0.3 is 0 Å². The molecule has 2 aromatic rings. The Morgan fingerprint density at radius 3 is 2.89 bits per heavy atom. The van der Waals surface area contributed by atoms with Crippen LogP contribution in [-0.4, -0.2) is 4.98 Å². The van der Waals surface area contributed by atoms with Gasteiger partial charge in [0.1, 0.15) is 5.82 Å². The zero-order valence-electron chi connectivity index (χ0n) is 10.2. The normalized spacial score (nSPS) is 12.7. The lowest BCUT2D eigenvalue weighted by molar-refractivity contribution is 0.530. The minimum atomic E-state index is -0.190. The van der Waals surface area contributed by atoms with E-state index in [9.17, 15) is 4.39 Å². The number of aromatic nitrogens is 1. The number of nitrogens with zero attached hydrogens (tertiary/aromatic N) is 1. The van der Waals surface area contributed by atoms with Crippen molar-refractivity contribution in [3.8, 4) is 0 Å². The van der Waals surface area contributed by atoms with Crippen LogP contribution in [0, 0.1) is 12.7 Å². The van der Waals surface area contributed by atoms with Crippen molar-refractivity contribution in [3.63, 3.8) is 0 Å². The lowest BCUT2D eigenvalue weighted by Gasteiger charge is -2.14. The quantitative estimate of drug-likeness (QED) is 0.909. The summed E-state index contributed by atoms with van der Waals surface area (Å²) in [4.78, 5) is 5.36. The minimum Gasteiger partial charge on any atom is -0.305 e. The van der Waals surface area contributed by atoms with Crippen molar-refractivity contribution in [1.82, 2.24) is 10.3 Å². The summed E-state index contributed by atoms with van der Waals surface area (Å²) in [5.41, 5.74) is 0.680. The van der Waals surface area contributed by atoms with Gasteiger partial charge < -0.3 is 5.32 Å². The molecule has 0 radical (unpaired) electrons. The van der Waals surface area contributed by atoms with Gasteiger partial charge in [0.15, 0.2) is 0 Å². The highest BCUT2D eigenvalue weighted by molar-refractivity contribution is 9.10. The first-order valence-electron chi connectivity index (χ1n) is 5.66. The van der Waals surface area contributed by atoms with E-state index in [1.165, 1.54) is 6.07 Å². The molecule has 1 heterocycles. The van der Waals surface area contributed by atoms with Gasteiger partial charge in [0.05, 0.1) is 5.01 Å². The smallest absolute Gasteiger partial charge is 0.129 e. The van der Waals surface area contributed by atoms with Crippen LogP contribution in [0.15, 0.2) is 28.9 Å². The van der Waals surface area contributed by atoms with Crippen LogP contribution in [0.1, 0.15) is 28.4 Å². The maximum Gasteiger partial charge on any atom is 0.129 e. The second-order valence-corrected chi connectivity index (χ2v) is 6.35. The van der Waals surface area contributed by atoms with Gasteiger partial charge in [-0.1, -0.05) is 22.0 Å². The molecule has 0 aliphatic heterocycles. The molecule has 0 bridgehead atoms. The van der Waals surface area contributed by atoms with Crippen molar-refractivity contribution in [2.24, 2.45) is 0 Å². The molecule has 0 spiro atoms. The standard InChI is InChI=1S/C13H14BrFN2S/c1-8(12-4-3-10(14)5-13(12)15)16-6-11-7-17-9(2)18-11/h3-5,7-8,16H,6H2,1-2H3. The fraction of sp³-hybridized carbons (Fsp3) is 0.308. The van der Waals surface area contributed by atoms with Gasteiger partial charge in [0.2, 0.25) is 0 Å². The molecule has 1 aromatic heterocycles. The Labute approximate surface area is 118 Å². The maximum absolute atomic E-state index is 13.8. The van der Waals surface area contributed by atoms with Crippen LogP contribution in [0.3, 0.4) is 0 Å². The predicted octanol–water partition coefficient (Wildman–Crippen LogP) is 4.20. The van der Waals surface area contributed by atoms with E-state index in [4.69, 9.17) is 0 Å². The van der Waals surface area contributed by atoms with Gasteiger partial charge in [-0.2, -0.15) is 0 Å². The van der Waals surface area contributed by atoms with Gasteiger partial charge in [0, 0.05) is 33.7 Å². The molecule has 0 amide bonds. The third kappa shape index (κ3) is 3.37. The van der Waals surface area contributed by atoms with Crippen LogP contribution in [-0.2, 0) is 6.54 Å². The second-order valence-electron chi connectivity index (χ2n) is 4.11. The van der Waals surface area contributed by atoms with Gasteiger partial charge in [-0.3, -0.25) is 0 Å². The van der Waals surface area contributed by atoms with E-state index in [0.717, 1.165) is 14.4 Å². The minimum absolute atomic E-state index is 0.0273.